The number of aromatic nitrogens is 3. The summed E-state index contributed by atoms with van der Waals surface area (Å²) in [4.78, 5) is 17.5. The van der Waals surface area contributed by atoms with E-state index in [1.54, 1.807) is 13.2 Å². The first-order chi connectivity index (χ1) is 16.1. The van der Waals surface area contributed by atoms with Gasteiger partial charge in [0.05, 0.1) is 25.6 Å². The number of anilines is 2. The van der Waals surface area contributed by atoms with Gasteiger partial charge >= 0.3 is 11.9 Å². The summed E-state index contributed by atoms with van der Waals surface area (Å²) in [5.41, 5.74) is 1.83. The zero-order chi connectivity index (χ0) is 22.8. The van der Waals surface area contributed by atoms with Gasteiger partial charge in [0, 0.05) is 6.07 Å². The standard InChI is InChI=1S/C24H21N5O4/c1-32-21-19(33-15-16-6-3-2-4-7-16)10-9-18-20(21)26-24(29-13-11-25-22(18)29)27-23(30)17-8-5-12-28(31)14-17/h2-10,12,14H,11,13,15H2,1H3,(H,25,26,27,30)/p+1. The molecule has 0 saturated carbocycles. The summed E-state index contributed by atoms with van der Waals surface area (Å²) in [7, 11) is 1.56. The van der Waals surface area contributed by atoms with E-state index in [0.717, 1.165) is 16.8 Å². The number of methoxy groups -OCH3 is 1. The number of rotatable bonds is 6. The minimum Gasteiger partial charge on any atom is -0.619 e. The van der Waals surface area contributed by atoms with Gasteiger partial charge in [-0.25, -0.2) is 9.88 Å². The predicted octanol–water partition coefficient (Wildman–Crippen LogP) is 2.42. The first-order valence-corrected chi connectivity index (χ1v) is 10.5. The van der Waals surface area contributed by atoms with E-state index in [9.17, 15) is 10.0 Å². The van der Waals surface area contributed by atoms with Gasteiger partial charge in [0.25, 0.3) is 0 Å². The monoisotopic (exact) mass is 444 g/mol. The summed E-state index contributed by atoms with van der Waals surface area (Å²) < 4.78 is 14.2. The van der Waals surface area contributed by atoms with Crippen LogP contribution in [0.1, 0.15) is 15.9 Å². The molecule has 166 valence electrons. The SMILES string of the molecule is COc1c(OCc2ccccc2)ccc2c3[n+](c(NC(=O)c4ccc[n+]([O-])c4)nc12)CCN3. The van der Waals surface area contributed by atoms with Crippen molar-refractivity contribution in [2.75, 3.05) is 24.3 Å². The Balaban J connectivity index is 1.54. The Morgan fingerprint density at radius 2 is 2.03 bits per heavy atom. The number of amides is 1. The zero-order valence-electron chi connectivity index (χ0n) is 17.9. The van der Waals surface area contributed by atoms with Gasteiger partial charge in [-0.1, -0.05) is 30.3 Å². The second-order valence-electron chi connectivity index (χ2n) is 7.54. The van der Waals surface area contributed by atoms with Crippen molar-refractivity contribution in [1.82, 2.24) is 4.98 Å². The number of benzene rings is 2. The van der Waals surface area contributed by atoms with Gasteiger partial charge in [0.2, 0.25) is 5.82 Å². The van der Waals surface area contributed by atoms with E-state index >= 15 is 0 Å². The highest BCUT2D eigenvalue weighted by Crippen LogP contribution is 2.37. The molecule has 9 heteroatoms. The Bertz CT molecular complexity index is 1340. The van der Waals surface area contributed by atoms with E-state index in [0.29, 0.717) is 47.4 Å². The van der Waals surface area contributed by atoms with Crippen LogP contribution in [0.15, 0.2) is 67.0 Å². The summed E-state index contributed by atoms with van der Waals surface area (Å²) in [5.74, 6) is 1.79. The minimum absolute atomic E-state index is 0.238. The molecule has 5 rings (SSSR count). The van der Waals surface area contributed by atoms with Crippen molar-refractivity contribution in [3.05, 3.63) is 83.3 Å². The number of nitrogens with zero attached hydrogens (tertiary/aromatic N) is 3. The molecule has 0 spiro atoms. The van der Waals surface area contributed by atoms with Gasteiger partial charge in [-0.15, -0.1) is 4.98 Å². The number of pyridine rings is 1. The van der Waals surface area contributed by atoms with Crippen LogP contribution in [0.4, 0.5) is 11.8 Å². The largest absolute Gasteiger partial charge is 0.619 e. The fourth-order valence-corrected chi connectivity index (χ4v) is 3.87. The lowest BCUT2D eigenvalue weighted by molar-refractivity contribution is -0.657. The highest BCUT2D eigenvalue weighted by atomic mass is 16.5. The van der Waals surface area contributed by atoms with Gasteiger partial charge in [-0.3, -0.25) is 4.79 Å². The average molecular weight is 444 g/mol. The molecule has 3 heterocycles. The number of hydrogen-bond acceptors (Lipinski definition) is 6. The molecule has 0 radical (unpaired) electrons. The van der Waals surface area contributed by atoms with Crippen LogP contribution in [0.5, 0.6) is 11.5 Å². The molecular weight excluding hydrogens is 422 g/mol. The molecule has 33 heavy (non-hydrogen) atoms. The van der Waals surface area contributed by atoms with Crippen LogP contribution in [0.2, 0.25) is 0 Å². The fourth-order valence-electron chi connectivity index (χ4n) is 3.87. The van der Waals surface area contributed by atoms with Crippen molar-refractivity contribution in [3.63, 3.8) is 0 Å². The van der Waals surface area contributed by atoms with E-state index in [4.69, 9.17) is 14.5 Å². The lowest BCUT2D eigenvalue weighted by Gasteiger charge is -2.14. The summed E-state index contributed by atoms with van der Waals surface area (Å²) in [6.45, 7) is 1.72. The molecule has 0 atom stereocenters. The maximum atomic E-state index is 12.8. The quantitative estimate of drug-likeness (QED) is 0.350. The number of nitrogens with one attached hydrogen (secondary N) is 2. The molecule has 4 aromatic rings. The molecule has 2 N–H and O–H groups in total. The minimum atomic E-state index is -0.427. The van der Waals surface area contributed by atoms with Crippen molar-refractivity contribution in [3.8, 4) is 11.5 Å². The Labute approximate surface area is 189 Å². The molecular formula is C24H22N5O4+. The van der Waals surface area contributed by atoms with Crippen LogP contribution in [-0.2, 0) is 13.2 Å². The lowest BCUT2D eigenvalue weighted by atomic mass is 10.2. The zero-order valence-corrected chi connectivity index (χ0v) is 17.9. The first kappa shape index (κ1) is 20.5. The van der Waals surface area contributed by atoms with Crippen LogP contribution in [0.3, 0.4) is 0 Å². The van der Waals surface area contributed by atoms with Crippen LogP contribution < -0.4 is 29.4 Å². The van der Waals surface area contributed by atoms with Gasteiger partial charge in [0.15, 0.2) is 29.4 Å². The molecule has 0 bridgehead atoms. The third kappa shape index (κ3) is 3.96. The van der Waals surface area contributed by atoms with E-state index in [-0.39, 0.29) is 5.56 Å². The van der Waals surface area contributed by atoms with E-state index in [2.05, 4.69) is 10.6 Å². The Morgan fingerprint density at radius 3 is 2.82 bits per heavy atom. The molecule has 2 aromatic carbocycles. The van der Waals surface area contributed by atoms with Crippen molar-refractivity contribution >= 4 is 28.6 Å². The predicted molar refractivity (Wildman–Crippen MR) is 121 cm³/mol. The highest BCUT2D eigenvalue weighted by molar-refractivity contribution is 6.03. The third-order valence-electron chi connectivity index (χ3n) is 5.43. The molecule has 0 aliphatic carbocycles. The number of ether oxygens (including phenoxy) is 2. The number of carbonyl (C=O) groups is 1. The molecule has 1 aliphatic rings. The number of hydrogen-bond donors (Lipinski definition) is 2. The molecule has 9 nitrogen and oxygen atoms in total. The van der Waals surface area contributed by atoms with Gasteiger partial charge in [-0.2, -0.15) is 4.73 Å². The van der Waals surface area contributed by atoms with Gasteiger partial charge < -0.3 is 20.0 Å². The number of fused-ring (bicyclic) bond motifs is 3. The smallest absolute Gasteiger partial charge is 0.355 e. The topological polar surface area (TPSA) is 103 Å². The molecule has 0 fully saturated rings. The van der Waals surface area contributed by atoms with Crippen LogP contribution >= 0.6 is 0 Å². The third-order valence-corrected chi connectivity index (χ3v) is 5.43. The number of carbonyl (C=O) groups excluding carboxylic acids is 1. The second kappa shape index (κ2) is 8.62. The molecule has 2 aromatic heterocycles. The van der Waals surface area contributed by atoms with E-state index in [1.165, 1.54) is 18.5 Å². The average Bonchev–Trinajstić information content (AvgIpc) is 3.33. The molecule has 1 aliphatic heterocycles. The van der Waals surface area contributed by atoms with Crippen molar-refractivity contribution in [2.45, 2.75) is 13.2 Å². The maximum absolute atomic E-state index is 12.8. The lowest BCUT2D eigenvalue weighted by Crippen LogP contribution is -2.38. The van der Waals surface area contributed by atoms with Crippen LogP contribution in [0, 0.1) is 5.21 Å². The Morgan fingerprint density at radius 1 is 1.18 bits per heavy atom. The first-order valence-electron chi connectivity index (χ1n) is 10.5. The van der Waals surface area contributed by atoms with Crippen LogP contribution in [0.25, 0.3) is 10.9 Å². The molecule has 0 unspecified atom stereocenters. The highest BCUT2D eigenvalue weighted by Gasteiger charge is 2.29. The normalized spacial score (nSPS) is 12.2. The second-order valence-corrected chi connectivity index (χ2v) is 7.54. The van der Waals surface area contributed by atoms with Crippen molar-refractivity contribution in [1.29, 1.82) is 0 Å². The van der Waals surface area contributed by atoms with Gasteiger partial charge in [0.1, 0.15) is 12.2 Å². The molecule has 1 amide bonds. The fraction of sp³-hybridized carbons (Fsp3) is 0.167. The van der Waals surface area contributed by atoms with Crippen molar-refractivity contribution < 1.29 is 23.6 Å². The Hall–Kier alpha value is -4.40. The summed E-state index contributed by atoms with van der Waals surface area (Å²) in [6.07, 6.45) is 2.54. The van der Waals surface area contributed by atoms with Crippen molar-refractivity contribution in [2.24, 2.45) is 0 Å². The summed E-state index contributed by atoms with van der Waals surface area (Å²) >= 11 is 0. The van der Waals surface area contributed by atoms with Crippen LogP contribution in [-0.4, -0.2) is 24.5 Å². The molecule has 0 saturated heterocycles. The van der Waals surface area contributed by atoms with E-state index < -0.39 is 5.91 Å². The summed E-state index contributed by atoms with van der Waals surface area (Å²) in [5, 5.41) is 18.6. The maximum Gasteiger partial charge on any atom is 0.355 e. The van der Waals surface area contributed by atoms with E-state index in [1.807, 2.05) is 47.0 Å². The summed E-state index contributed by atoms with van der Waals surface area (Å²) in [6, 6.07) is 16.7. The Kier molecular flexibility index (Phi) is 5.35. The van der Waals surface area contributed by atoms with Gasteiger partial charge in [-0.05, 0) is 23.8 Å².